The second-order valence-corrected chi connectivity index (χ2v) is 4.69. The van der Waals surface area contributed by atoms with Crippen LogP contribution >= 0.6 is 0 Å². The molecule has 1 aromatic rings. The van der Waals surface area contributed by atoms with Gasteiger partial charge in [0.25, 0.3) is 0 Å². The first-order valence-electron chi connectivity index (χ1n) is 6.16. The van der Waals surface area contributed by atoms with Gasteiger partial charge in [-0.05, 0) is 31.2 Å². The Balaban J connectivity index is 1.74. The molecule has 1 unspecified atom stereocenters. The van der Waals surface area contributed by atoms with E-state index in [2.05, 4.69) is 29.2 Å². The van der Waals surface area contributed by atoms with Crippen LogP contribution in [0.25, 0.3) is 0 Å². The van der Waals surface area contributed by atoms with E-state index in [0.717, 1.165) is 32.8 Å². The highest BCUT2D eigenvalue weighted by Crippen LogP contribution is 2.05. The van der Waals surface area contributed by atoms with Gasteiger partial charge in [-0.1, -0.05) is 0 Å². The van der Waals surface area contributed by atoms with Crippen LogP contribution in [0, 0.1) is 6.92 Å². The summed E-state index contributed by atoms with van der Waals surface area (Å²) < 4.78 is 5.70. The van der Waals surface area contributed by atoms with E-state index >= 15 is 0 Å². The fourth-order valence-electron chi connectivity index (χ4n) is 2.04. The smallest absolute Gasteiger partial charge is 0.0826 e. The lowest BCUT2D eigenvalue weighted by Gasteiger charge is -2.30. The maximum atomic E-state index is 5.70. The van der Waals surface area contributed by atoms with Crippen LogP contribution < -0.4 is 5.32 Å². The number of morpholine rings is 1. The molecule has 4 heteroatoms. The highest BCUT2D eigenvalue weighted by Gasteiger charge is 2.16. The molecule has 1 saturated heterocycles. The molecule has 94 valence electrons. The molecule has 1 aliphatic heterocycles. The summed E-state index contributed by atoms with van der Waals surface area (Å²) in [6.45, 7) is 6.78. The van der Waals surface area contributed by atoms with Crippen LogP contribution in [-0.2, 0) is 11.3 Å². The average Bonchev–Trinajstić information content (AvgIpc) is 2.32. The minimum Gasteiger partial charge on any atom is -0.374 e. The molecule has 1 atom stereocenters. The van der Waals surface area contributed by atoms with Crippen LogP contribution in [0.3, 0.4) is 0 Å². The third-order valence-electron chi connectivity index (χ3n) is 3.18. The molecule has 0 bridgehead atoms. The topological polar surface area (TPSA) is 37.4 Å². The molecule has 1 aliphatic rings. The molecule has 0 aliphatic carbocycles. The SMILES string of the molecule is Cc1ccncc1CNCC1CN(C)CCO1. The van der Waals surface area contributed by atoms with Crippen molar-refractivity contribution in [1.29, 1.82) is 0 Å². The van der Waals surface area contributed by atoms with Gasteiger partial charge in [0.2, 0.25) is 0 Å². The van der Waals surface area contributed by atoms with Crippen molar-refractivity contribution in [3.63, 3.8) is 0 Å². The summed E-state index contributed by atoms with van der Waals surface area (Å²) in [5.41, 5.74) is 2.55. The number of pyridine rings is 1. The molecule has 0 amide bonds. The predicted molar refractivity (Wildman–Crippen MR) is 67.9 cm³/mol. The first kappa shape index (κ1) is 12.5. The van der Waals surface area contributed by atoms with E-state index in [9.17, 15) is 0 Å². The van der Waals surface area contributed by atoms with Crippen LogP contribution in [0.2, 0.25) is 0 Å². The van der Waals surface area contributed by atoms with Gasteiger partial charge < -0.3 is 15.0 Å². The number of hydrogen-bond donors (Lipinski definition) is 1. The highest BCUT2D eigenvalue weighted by atomic mass is 16.5. The normalized spacial score (nSPS) is 21.6. The van der Waals surface area contributed by atoms with Crippen molar-refractivity contribution in [3.8, 4) is 0 Å². The average molecular weight is 235 g/mol. The second kappa shape index (κ2) is 6.10. The van der Waals surface area contributed by atoms with Gasteiger partial charge in [-0.3, -0.25) is 4.98 Å². The van der Waals surface area contributed by atoms with Gasteiger partial charge in [-0.25, -0.2) is 0 Å². The number of likely N-dealkylation sites (N-methyl/N-ethyl adjacent to an activating group) is 1. The Morgan fingerprint density at radius 3 is 3.24 bits per heavy atom. The zero-order valence-corrected chi connectivity index (χ0v) is 10.6. The van der Waals surface area contributed by atoms with E-state index < -0.39 is 0 Å². The van der Waals surface area contributed by atoms with Crippen molar-refractivity contribution in [2.45, 2.75) is 19.6 Å². The van der Waals surface area contributed by atoms with E-state index in [1.165, 1.54) is 11.1 Å². The summed E-state index contributed by atoms with van der Waals surface area (Å²) in [5, 5.41) is 3.44. The lowest BCUT2D eigenvalue weighted by molar-refractivity contribution is -0.0182. The van der Waals surface area contributed by atoms with E-state index in [4.69, 9.17) is 4.74 Å². The van der Waals surface area contributed by atoms with Crippen LogP contribution in [0.4, 0.5) is 0 Å². The Morgan fingerprint density at radius 2 is 2.47 bits per heavy atom. The molecule has 1 N–H and O–H groups in total. The summed E-state index contributed by atoms with van der Waals surface area (Å²) in [6.07, 6.45) is 4.07. The lowest BCUT2D eigenvalue weighted by Crippen LogP contribution is -2.44. The van der Waals surface area contributed by atoms with Crippen molar-refractivity contribution in [2.24, 2.45) is 0 Å². The quantitative estimate of drug-likeness (QED) is 0.838. The molecule has 0 radical (unpaired) electrons. The van der Waals surface area contributed by atoms with E-state index in [1.807, 2.05) is 18.5 Å². The number of rotatable bonds is 4. The Morgan fingerprint density at radius 1 is 1.59 bits per heavy atom. The van der Waals surface area contributed by atoms with Gasteiger partial charge in [-0.15, -0.1) is 0 Å². The van der Waals surface area contributed by atoms with Crippen LogP contribution in [0.15, 0.2) is 18.5 Å². The molecule has 0 aromatic carbocycles. The summed E-state index contributed by atoms with van der Waals surface area (Å²) in [7, 11) is 2.14. The Labute approximate surface area is 103 Å². The van der Waals surface area contributed by atoms with Gasteiger partial charge in [0.05, 0.1) is 12.7 Å². The monoisotopic (exact) mass is 235 g/mol. The molecule has 17 heavy (non-hydrogen) atoms. The number of nitrogens with zero attached hydrogens (tertiary/aromatic N) is 2. The standard InChI is InChI=1S/C13H21N3O/c1-11-3-4-14-7-12(11)8-15-9-13-10-16(2)5-6-17-13/h3-4,7,13,15H,5-6,8-10H2,1-2H3. The maximum Gasteiger partial charge on any atom is 0.0826 e. The number of hydrogen-bond acceptors (Lipinski definition) is 4. The third-order valence-corrected chi connectivity index (χ3v) is 3.18. The summed E-state index contributed by atoms with van der Waals surface area (Å²) in [6, 6.07) is 2.04. The third kappa shape index (κ3) is 3.77. The van der Waals surface area contributed by atoms with Crippen LogP contribution in [-0.4, -0.2) is 49.3 Å². The van der Waals surface area contributed by atoms with Crippen molar-refractivity contribution < 1.29 is 4.74 Å². The zero-order valence-electron chi connectivity index (χ0n) is 10.6. The minimum absolute atomic E-state index is 0.311. The maximum absolute atomic E-state index is 5.70. The fraction of sp³-hybridized carbons (Fsp3) is 0.615. The molecule has 2 heterocycles. The molecule has 4 nitrogen and oxygen atoms in total. The number of aromatic nitrogens is 1. The highest BCUT2D eigenvalue weighted by molar-refractivity contribution is 5.20. The first-order chi connectivity index (χ1) is 8.25. The Bertz CT molecular complexity index is 356. The van der Waals surface area contributed by atoms with Crippen molar-refractivity contribution in [1.82, 2.24) is 15.2 Å². The van der Waals surface area contributed by atoms with Crippen LogP contribution in [0.1, 0.15) is 11.1 Å². The van der Waals surface area contributed by atoms with Gasteiger partial charge in [0.1, 0.15) is 0 Å². The fourth-order valence-corrected chi connectivity index (χ4v) is 2.04. The molecular formula is C13H21N3O. The zero-order chi connectivity index (χ0) is 12.1. The van der Waals surface area contributed by atoms with Crippen molar-refractivity contribution >= 4 is 0 Å². The number of nitrogens with one attached hydrogen (secondary N) is 1. The summed E-state index contributed by atoms with van der Waals surface area (Å²) in [4.78, 5) is 6.45. The lowest BCUT2D eigenvalue weighted by atomic mass is 10.1. The number of ether oxygens (including phenoxy) is 1. The minimum atomic E-state index is 0.311. The predicted octanol–water partition coefficient (Wildman–Crippen LogP) is 0.810. The Hall–Kier alpha value is -0.970. The molecular weight excluding hydrogens is 214 g/mol. The van der Waals surface area contributed by atoms with E-state index in [-0.39, 0.29) is 0 Å². The molecule has 1 fully saturated rings. The number of aryl methyl sites for hydroxylation is 1. The van der Waals surface area contributed by atoms with E-state index in [0.29, 0.717) is 6.10 Å². The first-order valence-corrected chi connectivity index (χ1v) is 6.16. The van der Waals surface area contributed by atoms with Gasteiger partial charge in [0, 0.05) is 38.6 Å². The summed E-state index contributed by atoms with van der Waals surface area (Å²) in [5.74, 6) is 0. The molecule has 0 saturated carbocycles. The van der Waals surface area contributed by atoms with Crippen molar-refractivity contribution in [2.75, 3.05) is 33.3 Å². The molecule has 0 spiro atoms. The second-order valence-electron chi connectivity index (χ2n) is 4.69. The largest absolute Gasteiger partial charge is 0.374 e. The van der Waals surface area contributed by atoms with E-state index in [1.54, 1.807) is 0 Å². The van der Waals surface area contributed by atoms with Gasteiger partial charge >= 0.3 is 0 Å². The summed E-state index contributed by atoms with van der Waals surface area (Å²) >= 11 is 0. The molecule has 1 aromatic heterocycles. The van der Waals surface area contributed by atoms with Crippen LogP contribution in [0.5, 0.6) is 0 Å². The Kier molecular flexibility index (Phi) is 4.48. The van der Waals surface area contributed by atoms with Gasteiger partial charge in [-0.2, -0.15) is 0 Å². The van der Waals surface area contributed by atoms with Crippen molar-refractivity contribution in [3.05, 3.63) is 29.6 Å². The molecule has 2 rings (SSSR count). The van der Waals surface area contributed by atoms with Gasteiger partial charge in [0.15, 0.2) is 0 Å².